The van der Waals surface area contributed by atoms with Gasteiger partial charge in [0, 0.05) is 26.1 Å². The number of unbranched alkanes of at least 4 members (excludes halogenated alkanes) is 7. The van der Waals surface area contributed by atoms with E-state index >= 15 is 0 Å². The van der Waals surface area contributed by atoms with Crippen molar-refractivity contribution in [3.05, 3.63) is 0 Å². The third-order valence-electron chi connectivity index (χ3n) is 5.45. The van der Waals surface area contributed by atoms with E-state index in [9.17, 15) is 9.59 Å². The molecule has 2 atom stereocenters. The minimum atomic E-state index is -0.310. The molecule has 1 fully saturated rings. The molecule has 0 bridgehead atoms. The number of carbonyl (C=O) groups excluding carboxylic acids is 2. The average molecular weight is 369 g/mol. The second-order valence-corrected chi connectivity index (χ2v) is 7.70. The lowest BCUT2D eigenvalue weighted by Crippen LogP contribution is -2.31. The molecular formula is C21H40N2O3. The molecule has 0 aromatic heterocycles. The van der Waals surface area contributed by atoms with Gasteiger partial charge < -0.3 is 15.4 Å². The summed E-state index contributed by atoms with van der Waals surface area (Å²) in [5, 5.41) is 0. The molecular weight excluding hydrogens is 328 g/mol. The van der Waals surface area contributed by atoms with Gasteiger partial charge in [-0.15, -0.1) is 0 Å². The van der Waals surface area contributed by atoms with Crippen LogP contribution in [0.25, 0.3) is 0 Å². The number of rotatable bonds is 15. The van der Waals surface area contributed by atoms with Gasteiger partial charge in [0.15, 0.2) is 0 Å². The Hall–Kier alpha value is -1.10. The number of likely N-dealkylation sites (tertiary alicyclic amines) is 1. The van der Waals surface area contributed by atoms with Crippen LogP contribution in [0.15, 0.2) is 0 Å². The highest BCUT2D eigenvalue weighted by molar-refractivity contribution is 5.86. The van der Waals surface area contributed by atoms with E-state index in [1.807, 2.05) is 0 Å². The zero-order chi connectivity index (χ0) is 19.2. The van der Waals surface area contributed by atoms with E-state index in [2.05, 4.69) is 13.8 Å². The van der Waals surface area contributed by atoms with E-state index in [0.29, 0.717) is 32.2 Å². The number of nitrogens with two attached hydrogens (primary N) is 1. The number of ether oxygens (including phenoxy) is 1. The van der Waals surface area contributed by atoms with Gasteiger partial charge in [0.2, 0.25) is 5.91 Å². The monoisotopic (exact) mass is 368 g/mol. The molecule has 2 unspecified atom stereocenters. The fourth-order valence-electron chi connectivity index (χ4n) is 3.59. The van der Waals surface area contributed by atoms with E-state index in [-0.39, 0.29) is 24.2 Å². The summed E-state index contributed by atoms with van der Waals surface area (Å²) < 4.78 is 5.53. The molecule has 1 saturated heterocycles. The van der Waals surface area contributed by atoms with Gasteiger partial charge in [-0.05, 0) is 12.3 Å². The second-order valence-electron chi connectivity index (χ2n) is 7.70. The largest absolute Gasteiger partial charge is 0.465 e. The highest BCUT2D eigenvalue weighted by Crippen LogP contribution is 2.21. The van der Waals surface area contributed by atoms with Crippen LogP contribution in [0.4, 0.5) is 0 Å². The first kappa shape index (κ1) is 22.9. The summed E-state index contributed by atoms with van der Waals surface area (Å²) in [5.41, 5.74) is 5.50. The Balaban J connectivity index is 2.13. The van der Waals surface area contributed by atoms with Crippen LogP contribution in [0, 0.1) is 11.8 Å². The first-order chi connectivity index (χ1) is 12.6. The molecule has 1 aliphatic heterocycles. The van der Waals surface area contributed by atoms with Gasteiger partial charge >= 0.3 is 5.97 Å². The van der Waals surface area contributed by atoms with Gasteiger partial charge in [-0.1, -0.05) is 71.6 Å². The molecule has 0 aliphatic carbocycles. The lowest BCUT2D eigenvalue weighted by Gasteiger charge is -2.17. The predicted molar refractivity (Wildman–Crippen MR) is 106 cm³/mol. The summed E-state index contributed by atoms with van der Waals surface area (Å²) in [7, 11) is 0. The van der Waals surface area contributed by atoms with Crippen LogP contribution >= 0.6 is 0 Å². The van der Waals surface area contributed by atoms with E-state index in [0.717, 1.165) is 12.8 Å². The lowest BCUT2D eigenvalue weighted by atomic mass is 9.98. The summed E-state index contributed by atoms with van der Waals surface area (Å²) in [6.07, 6.45) is 13.0. The fraction of sp³-hybridized carbons (Fsp3) is 0.905. The quantitative estimate of drug-likeness (QED) is 0.351. The maximum absolute atomic E-state index is 12.2. The van der Waals surface area contributed by atoms with Crippen molar-refractivity contribution in [2.24, 2.45) is 17.6 Å². The Morgan fingerprint density at radius 2 is 1.81 bits per heavy atom. The normalized spacial score (nSPS) is 18.3. The van der Waals surface area contributed by atoms with Crippen molar-refractivity contribution < 1.29 is 14.3 Å². The smallest absolute Gasteiger partial charge is 0.311 e. The topological polar surface area (TPSA) is 72.6 Å². The van der Waals surface area contributed by atoms with Gasteiger partial charge in [-0.3, -0.25) is 9.59 Å². The van der Waals surface area contributed by atoms with Crippen LogP contribution < -0.4 is 5.73 Å². The Kier molecular flexibility index (Phi) is 12.4. The first-order valence-corrected chi connectivity index (χ1v) is 10.8. The predicted octanol–water partition coefficient (Wildman–Crippen LogP) is 3.89. The molecule has 5 nitrogen and oxygen atoms in total. The minimum Gasteiger partial charge on any atom is -0.465 e. The molecule has 0 aromatic rings. The molecule has 1 heterocycles. The van der Waals surface area contributed by atoms with Gasteiger partial charge in [0.25, 0.3) is 0 Å². The number of amides is 1. The molecule has 2 N–H and O–H groups in total. The molecule has 5 heteroatoms. The molecule has 0 saturated carbocycles. The number of carbonyl (C=O) groups is 2. The van der Waals surface area contributed by atoms with Crippen molar-refractivity contribution in [3.63, 3.8) is 0 Å². The minimum absolute atomic E-state index is 0.0170. The third kappa shape index (κ3) is 9.02. The van der Waals surface area contributed by atoms with Crippen molar-refractivity contribution >= 4 is 11.9 Å². The summed E-state index contributed by atoms with van der Waals surface area (Å²) in [6.45, 7) is 6.32. The fourth-order valence-corrected chi connectivity index (χ4v) is 3.59. The molecule has 0 spiro atoms. The van der Waals surface area contributed by atoms with Crippen LogP contribution in [0.2, 0.25) is 0 Å². The maximum Gasteiger partial charge on any atom is 0.311 e. The molecule has 152 valence electrons. The van der Waals surface area contributed by atoms with Crippen molar-refractivity contribution in [1.82, 2.24) is 4.90 Å². The molecule has 26 heavy (non-hydrogen) atoms. The highest BCUT2D eigenvalue weighted by Gasteiger charge is 2.35. The summed E-state index contributed by atoms with van der Waals surface area (Å²) in [4.78, 5) is 25.7. The van der Waals surface area contributed by atoms with Crippen LogP contribution in [-0.4, -0.2) is 43.0 Å². The van der Waals surface area contributed by atoms with Gasteiger partial charge in [-0.2, -0.15) is 0 Å². The number of hydrogen-bond acceptors (Lipinski definition) is 4. The maximum atomic E-state index is 12.2. The lowest BCUT2D eigenvalue weighted by molar-refractivity contribution is -0.149. The zero-order valence-electron chi connectivity index (χ0n) is 17.0. The van der Waals surface area contributed by atoms with Crippen LogP contribution in [0.3, 0.4) is 0 Å². The van der Waals surface area contributed by atoms with Crippen molar-refractivity contribution in [1.29, 1.82) is 0 Å². The molecule has 1 amide bonds. The van der Waals surface area contributed by atoms with Crippen LogP contribution in [0.5, 0.6) is 0 Å². The van der Waals surface area contributed by atoms with E-state index in [1.54, 1.807) is 4.90 Å². The first-order valence-electron chi connectivity index (χ1n) is 10.8. The summed E-state index contributed by atoms with van der Waals surface area (Å²) >= 11 is 0. The third-order valence-corrected chi connectivity index (χ3v) is 5.45. The summed E-state index contributed by atoms with van der Waals surface area (Å²) in [5.74, 6) is -0.0680. The summed E-state index contributed by atoms with van der Waals surface area (Å²) in [6, 6.07) is 0. The zero-order valence-corrected chi connectivity index (χ0v) is 17.0. The van der Waals surface area contributed by atoms with E-state index in [4.69, 9.17) is 10.5 Å². The molecule has 1 rings (SSSR count). The van der Waals surface area contributed by atoms with Crippen LogP contribution in [-0.2, 0) is 14.3 Å². The number of esters is 1. The van der Waals surface area contributed by atoms with Crippen molar-refractivity contribution in [3.8, 4) is 0 Å². The van der Waals surface area contributed by atoms with E-state index in [1.165, 1.54) is 51.4 Å². The Labute approximate surface area is 160 Å². The SMILES string of the molecule is CCCCCCCCCCC(CC)COC(=O)C1CC(=O)N(CCN)C1. The van der Waals surface area contributed by atoms with Crippen LogP contribution in [0.1, 0.15) is 84.5 Å². The van der Waals surface area contributed by atoms with Gasteiger partial charge in [0.1, 0.15) is 0 Å². The molecule has 0 aromatic carbocycles. The highest BCUT2D eigenvalue weighted by atomic mass is 16.5. The van der Waals surface area contributed by atoms with E-state index < -0.39 is 0 Å². The number of hydrogen-bond donors (Lipinski definition) is 1. The Morgan fingerprint density at radius 3 is 2.42 bits per heavy atom. The van der Waals surface area contributed by atoms with Crippen molar-refractivity contribution in [2.75, 3.05) is 26.2 Å². The van der Waals surface area contributed by atoms with Gasteiger partial charge in [0.05, 0.1) is 12.5 Å². The average Bonchev–Trinajstić information content (AvgIpc) is 3.00. The molecule has 1 aliphatic rings. The number of nitrogens with zero attached hydrogens (tertiary/aromatic N) is 1. The Morgan fingerprint density at radius 1 is 1.15 bits per heavy atom. The van der Waals surface area contributed by atoms with Crippen molar-refractivity contribution in [2.45, 2.75) is 84.5 Å². The van der Waals surface area contributed by atoms with Gasteiger partial charge in [-0.25, -0.2) is 0 Å². The second kappa shape index (κ2) is 14.0. The standard InChI is InChI=1S/C21H40N2O3/c1-3-5-6-7-8-9-10-11-12-18(4-2)17-26-21(25)19-15-20(24)23(16-19)14-13-22/h18-19H,3-17,22H2,1-2H3. The Bertz CT molecular complexity index is 401. The molecule has 0 radical (unpaired) electrons.